The van der Waals surface area contributed by atoms with Crippen molar-refractivity contribution in [2.24, 2.45) is 5.92 Å². The Kier molecular flexibility index (Phi) is 5.93. The summed E-state index contributed by atoms with van der Waals surface area (Å²) in [5.74, 6) is -0.137. The number of hydrogen-bond acceptors (Lipinski definition) is 3. The number of carbonyl (C=O) groups is 3. The van der Waals surface area contributed by atoms with Gasteiger partial charge in [-0.1, -0.05) is 24.3 Å². The fourth-order valence-electron chi connectivity index (χ4n) is 2.99. The molecule has 7 nitrogen and oxygen atoms in total. The van der Waals surface area contributed by atoms with Gasteiger partial charge in [-0.05, 0) is 67.4 Å². The molecule has 4 amide bonds. The first kappa shape index (κ1) is 20.2. The largest absolute Gasteiger partial charge is 0.326 e. The Balaban J connectivity index is 1.34. The Hall–Kier alpha value is -4.13. The molecule has 156 valence electrons. The SMILES string of the molecule is O=C(Nc1ccccc1)Nc1cccc(NC(=O)c2ccc(NC(=O)C3CC3)cc2)c1. The van der Waals surface area contributed by atoms with Gasteiger partial charge in [-0.25, -0.2) is 4.79 Å². The molecule has 4 rings (SSSR count). The summed E-state index contributed by atoms with van der Waals surface area (Å²) < 4.78 is 0. The molecule has 1 aliphatic rings. The van der Waals surface area contributed by atoms with Crippen LogP contribution in [0.1, 0.15) is 23.2 Å². The number of benzene rings is 3. The topological polar surface area (TPSA) is 99.3 Å². The number of hydrogen-bond donors (Lipinski definition) is 4. The quantitative estimate of drug-likeness (QED) is 0.460. The van der Waals surface area contributed by atoms with Gasteiger partial charge < -0.3 is 21.3 Å². The zero-order valence-electron chi connectivity index (χ0n) is 16.7. The molecule has 1 fully saturated rings. The maximum Gasteiger partial charge on any atom is 0.323 e. The summed E-state index contributed by atoms with van der Waals surface area (Å²) in [6, 6.07) is 22.4. The predicted molar refractivity (Wildman–Crippen MR) is 121 cm³/mol. The van der Waals surface area contributed by atoms with Crippen molar-refractivity contribution in [3.8, 4) is 0 Å². The molecule has 1 aliphatic carbocycles. The van der Waals surface area contributed by atoms with Crippen LogP contribution in [0.15, 0.2) is 78.9 Å². The molecule has 0 saturated heterocycles. The van der Waals surface area contributed by atoms with E-state index in [-0.39, 0.29) is 23.8 Å². The molecular weight excluding hydrogens is 392 g/mol. The molecule has 3 aromatic carbocycles. The molecule has 0 heterocycles. The maximum atomic E-state index is 12.5. The van der Waals surface area contributed by atoms with Gasteiger partial charge in [0.15, 0.2) is 0 Å². The van der Waals surface area contributed by atoms with Crippen LogP contribution in [0, 0.1) is 5.92 Å². The Morgan fingerprint density at radius 3 is 1.87 bits per heavy atom. The number of amides is 4. The minimum atomic E-state index is -0.376. The molecule has 3 aromatic rings. The van der Waals surface area contributed by atoms with Gasteiger partial charge in [0.2, 0.25) is 5.91 Å². The molecule has 0 radical (unpaired) electrons. The number of rotatable bonds is 6. The zero-order valence-corrected chi connectivity index (χ0v) is 16.7. The van der Waals surface area contributed by atoms with Crippen LogP contribution in [0.5, 0.6) is 0 Å². The Labute approximate surface area is 179 Å². The van der Waals surface area contributed by atoms with E-state index in [9.17, 15) is 14.4 Å². The fraction of sp³-hybridized carbons (Fsp3) is 0.125. The number of carbonyl (C=O) groups excluding carboxylic acids is 3. The Bertz CT molecular complexity index is 1090. The van der Waals surface area contributed by atoms with Crippen molar-refractivity contribution < 1.29 is 14.4 Å². The van der Waals surface area contributed by atoms with Gasteiger partial charge in [0, 0.05) is 34.2 Å². The van der Waals surface area contributed by atoms with E-state index in [1.54, 1.807) is 60.7 Å². The molecule has 0 bridgehead atoms. The fourth-order valence-corrected chi connectivity index (χ4v) is 2.99. The summed E-state index contributed by atoms with van der Waals surface area (Å²) in [6.07, 6.45) is 1.88. The minimum absolute atomic E-state index is 0.0258. The Morgan fingerprint density at radius 2 is 1.19 bits per heavy atom. The summed E-state index contributed by atoms with van der Waals surface area (Å²) in [4.78, 5) is 36.5. The molecule has 31 heavy (non-hydrogen) atoms. The van der Waals surface area contributed by atoms with E-state index < -0.39 is 0 Å². The lowest BCUT2D eigenvalue weighted by molar-refractivity contribution is -0.117. The number of para-hydroxylation sites is 1. The van der Waals surface area contributed by atoms with Crippen molar-refractivity contribution >= 4 is 40.6 Å². The van der Waals surface area contributed by atoms with Gasteiger partial charge in [-0.2, -0.15) is 0 Å². The van der Waals surface area contributed by atoms with Crippen molar-refractivity contribution in [1.29, 1.82) is 0 Å². The van der Waals surface area contributed by atoms with E-state index in [1.165, 1.54) is 0 Å². The number of anilines is 4. The van der Waals surface area contributed by atoms with Crippen LogP contribution >= 0.6 is 0 Å². The highest BCUT2D eigenvalue weighted by Gasteiger charge is 2.29. The molecule has 4 N–H and O–H groups in total. The van der Waals surface area contributed by atoms with E-state index in [1.807, 2.05) is 18.2 Å². The monoisotopic (exact) mass is 414 g/mol. The van der Waals surface area contributed by atoms with Crippen molar-refractivity contribution in [2.75, 3.05) is 21.3 Å². The zero-order chi connectivity index (χ0) is 21.6. The lowest BCUT2D eigenvalue weighted by Crippen LogP contribution is -2.19. The van der Waals surface area contributed by atoms with Crippen LogP contribution in [0.3, 0.4) is 0 Å². The lowest BCUT2D eigenvalue weighted by atomic mass is 10.2. The van der Waals surface area contributed by atoms with Crippen molar-refractivity contribution in [2.45, 2.75) is 12.8 Å². The first-order chi connectivity index (χ1) is 15.1. The van der Waals surface area contributed by atoms with Crippen LogP contribution in [0.2, 0.25) is 0 Å². The molecule has 0 spiro atoms. The third kappa shape index (κ3) is 5.70. The maximum absolute atomic E-state index is 12.5. The molecule has 7 heteroatoms. The predicted octanol–water partition coefficient (Wildman–Crippen LogP) is 4.93. The Morgan fingerprint density at radius 1 is 0.613 bits per heavy atom. The van der Waals surface area contributed by atoms with Gasteiger partial charge in [0.25, 0.3) is 5.91 Å². The summed E-state index contributed by atoms with van der Waals surface area (Å²) in [5, 5.41) is 11.1. The summed E-state index contributed by atoms with van der Waals surface area (Å²) in [5.41, 5.74) is 2.91. The third-order valence-electron chi connectivity index (χ3n) is 4.77. The first-order valence-corrected chi connectivity index (χ1v) is 10.0. The summed E-state index contributed by atoms with van der Waals surface area (Å²) in [6.45, 7) is 0. The third-order valence-corrected chi connectivity index (χ3v) is 4.77. The highest BCUT2D eigenvalue weighted by Crippen LogP contribution is 2.30. The standard InChI is InChI=1S/C24H22N4O3/c29-22(16-9-10-16)25-19-13-11-17(12-14-19)23(30)26-20-7-4-8-21(15-20)28-24(31)27-18-5-2-1-3-6-18/h1-8,11-16H,9-10H2,(H,25,29)(H,26,30)(H2,27,28,31). The van der Waals surface area contributed by atoms with Gasteiger partial charge in [-0.3, -0.25) is 9.59 Å². The lowest BCUT2D eigenvalue weighted by Gasteiger charge is -2.10. The van der Waals surface area contributed by atoms with Crippen molar-refractivity contribution in [3.05, 3.63) is 84.4 Å². The summed E-state index contributed by atoms with van der Waals surface area (Å²) >= 11 is 0. The molecule has 1 saturated carbocycles. The highest BCUT2D eigenvalue weighted by molar-refractivity contribution is 6.05. The van der Waals surface area contributed by atoms with E-state index in [4.69, 9.17) is 0 Å². The first-order valence-electron chi connectivity index (χ1n) is 10.0. The van der Waals surface area contributed by atoms with Crippen LogP contribution in [0.4, 0.5) is 27.5 Å². The van der Waals surface area contributed by atoms with Crippen LogP contribution in [-0.2, 0) is 4.79 Å². The van der Waals surface area contributed by atoms with E-state index in [0.29, 0.717) is 28.3 Å². The molecule has 0 unspecified atom stereocenters. The molecular formula is C24H22N4O3. The van der Waals surface area contributed by atoms with Gasteiger partial charge in [-0.15, -0.1) is 0 Å². The second-order valence-corrected chi connectivity index (χ2v) is 7.32. The van der Waals surface area contributed by atoms with Gasteiger partial charge in [0.05, 0.1) is 0 Å². The number of urea groups is 1. The second-order valence-electron chi connectivity index (χ2n) is 7.32. The molecule has 0 atom stereocenters. The smallest absolute Gasteiger partial charge is 0.323 e. The highest BCUT2D eigenvalue weighted by atomic mass is 16.2. The van der Waals surface area contributed by atoms with Crippen molar-refractivity contribution in [1.82, 2.24) is 0 Å². The average Bonchev–Trinajstić information content (AvgIpc) is 3.61. The van der Waals surface area contributed by atoms with Crippen LogP contribution < -0.4 is 21.3 Å². The van der Waals surface area contributed by atoms with Gasteiger partial charge >= 0.3 is 6.03 Å². The van der Waals surface area contributed by atoms with Crippen molar-refractivity contribution in [3.63, 3.8) is 0 Å². The molecule has 0 aromatic heterocycles. The van der Waals surface area contributed by atoms with E-state index in [2.05, 4.69) is 21.3 Å². The number of nitrogens with one attached hydrogen (secondary N) is 4. The second kappa shape index (κ2) is 9.13. The van der Waals surface area contributed by atoms with Gasteiger partial charge in [0.1, 0.15) is 0 Å². The van der Waals surface area contributed by atoms with E-state index in [0.717, 1.165) is 12.8 Å². The van der Waals surface area contributed by atoms with Crippen LogP contribution in [-0.4, -0.2) is 17.8 Å². The normalized spacial score (nSPS) is 12.5. The van der Waals surface area contributed by atoms with E-state index >= 15 is 0 Å². The molecule has 0 aliphatic heterocycles. The summed E-state index contributed by atoms with van der Waals surface area (Å²) in [7, 11) is 0. The van der Waals surface area contributed by atoms with Crippen LogP contribution in [0.25, 0.3) is 0 Å². The average molecular weight is 414 g/mol. The minimum Gasteiger partial charge on any atom is -0.326 e.